The van der Waals surface area contributed by atoms with Crippen molar-refractivity contribution in [3.05, 3.63) is 41.5 Å². The molecule has 0 fully saturated rings. The summed E-state index contributed by atoms with van der Waals surface area (Å²) in [6.45, 7) is 3.22. The molecule has 0 aliphatic carbocycles. The fourth-order valence-corrected chi connectivity index (χ4v) is 1.57. The molecule has 0 aliphatic rings. The third-order valence-corrected chi connectivity index (χ3v) is 2.47. The van der Waals surface area contributed by atoms with E-state index in [1.807, 2.05) is 0 Å². The van der Waals surface area contributed by atoms with Crippen molar-refractivity contribution in [2.45, 2.75) is 13.5 Å². The van der Waals surface area contributed by atoms with Crippen LogP contribution in [0.25, 0.3) is 0 Å². The van der Waals surface area contributed by atoms with E-state index in [1.165, 1.54) is 12.1 Å². The number of ether oxygens (including phenoxy) is 1. The van der Waals surface area contributed by atoms with Gasteiger partial charge < -0.3 is 19.7 Å². The van der Waals surface area contributed by atoms with Crippen molar-refractivity contribution in [1.29, 1.82) is 0 Å². The number of aromatic nitrogens is 2. The molecular weight excluding hydrogens is 262 g/mol. The Kier molecular flexibility index (Phi) is 4.67. The lowest BCUT2D eigenvalue weighted by molar-refractivity contribution is 0.0696. The van der Waals surface area contributed by atoms with Gasteiger partial charge >= 0.3 is 5.97 Å². The molecular formula is C13H15N3O4. The number of hydrogen-bond donors (Lipinski definition) is 2. The van der Waals surface area contributed by atoms with Gasteiger partial charge in [0.05, 0.1) is 12.1 Å². The molecule has 2 aromatic rings. The first-order chi connectivity index (χ1) is 9.65. The van der Waals surface area contributed by atoms with Crippen LogP contribution in [0.2, 0.25) is 0 Å². The van der Waals surface area contributed by atoms with Crippen LogP contribution in [0.4, 0.5) is 0 Å². The average molecular weight is 277 g/mol. The van der Waals surface area contributed by atoms with Gasteiger partial charge in [-0.25, -0.2) is 4.79 Å². The number of aromatic carboxylic acids is 1. The van der Waals surface area contributed by atoms with Gasteiger partial charge in [0.15, 0.2) is 5.82 Å². The topological polar surface area (TPSA) is 97.5 Å². The standard InChI is InChI=1S/C13H15N3O4/c1-9-15-12(20-16-9)8-14-5-6-19-11-4-2-3-10(7-11)13(17)18/h2-4,7,14H,5-6,8H2,1H3,(H,17,18). The zero-order valence-electron chi connectivity index (χ0n) is 11.0. The van der Waals surface area contributed by atoms with Crippen LogP contribution in [0.5, 0.6) is 5.75 Å². The van der Waals surface area contributed by atoms with Crippen molar-refractivity contribution in [3.8, 4) is 5.75 Å². The maximum atomic E-state index is 10.8. The van der Waals surface area contributed by atoms with Crippen LogP contribution in [0.15, 0.2) is 28.8 Å². The molecule has 106 valence electrons. The van der Waals surface area contributed by atoms with Crippen molar-refractivity contribution in [2.24, 2.45) is 0 Å². The van der Waals surface area contributed by atoms with Crippen molar-refractivity contribution in [1.82, 2.24) is 15.5 Å². The van der Waals surface area contributed by atoms with Gasteiger partial charge in [0.2, 0.25) is 5.89 Å². The van der Waals surface area contributed by atoms with E-state index in [0.29, 0.717) is 37.2 Å². The summed E-state index contributed by atoms with van der Waals surface area (Å²) >= 11 is 0. The molecule has 0 saturated heterocycles. The van der Waals surface area contributed by atoms with E-state index in [2.05, 4.69) is 15.5 Å². The number of benzene rings is 1. The van der Waals surface area contributed by atoms with E-state index in [0.717, 1.165) is 0 Å². The van der Waals surface area contributed by atoms with Crippen LogP contribution in [0.3, 0.4) is 0 Å². The molecule has 0 radical (unpaired) electrons. The number of carboxylic acids is 1. The third-order valence-electron chi connectivity index (χ3n) is 2.47. The molecule has 0 unspecified atom stereocenters. The second-order valence-corrected chi connectivity index (χ2v) is 4.09. The first-order valence-electron chi connectivity index (χ1n) is 6.11. The Hall–Kier alpha value is -2.41. The molecule has 1 aromatic carbocycles. The number of aryl methyl sites for hydroxylation is 1. The quantitative estimate of drug-likeness (QED) is 0.735. The minimum atomic E-state index is -0.972. The smallest absolute Gasteiger partial charge is 0.335 e. The molecule has 1 aromatic heterocycles. The zero-order valence-corrected chi connectivity index (χ0v) is 11.0. The fraction of sp³-hybridized carbons (Fsp3) is 0.308. The van der Waals surface area contributed by atoms with E-state index >= 15 is 0 Å². The van der Waals surface area contributed by atoms with Crippen LogP contribution in [0, 0.1) is 6.92 Å². The summed E-state index contributed by atoms with van der Waals surface area (Å²) in [5.74, 6) is 0.680. The largest absolute Gasteiger partial charge is 0.492 e. The number of nitrogens with zero attached hydrogens (tertiary/aromatic N) is 2. The fourth-order valence-electron chi connectivity index (χ4n) is 1.57. The molecule has 2 rings (SSSR count). The van der Waals surface area contributed by atoms with Crippen LogP contribution in [-0.2, 0) is 6.54 Å². The van der Waals surface area contributed by atoms with E-state index < -0.39 is 5.97 Å². The maximum absolute atomic E-state index is 10.8. The molecule has 0 bridgehead atoms. The molecule has 0 amide bonds. The molecule has 0 aliphatic heterocycles. The van der Waals surface area contributed by atoms with Gasteiger partial charge in [-0.3, -0.25) is 0 Å². The lowest BCUT2D eigenvalue weighted by Gasteiger charge is -2.07. The van der Waals surface area contributed by atoms with Crippen molar-refractivity contribution in [3.63, 3.8) is 0 Å². The Balaban J connectivity index is 1.70. The van der Waals surface area contributed by atoms with Gasteiger partial charge in [-0.1, -0.05) is 11.2 Å². The first-order valence-corrected chi connectivity index (χ1v) is 6.11. The molecule has 0 spiro atoms. The van der Waals surface area contributed by atoms with Crippen molar-refractivity contribution >= 4 is 5.97 Å². The Morgan fingerprint density at radius 3 is 3.05 bits per heavy atom. The normalized spacial score (nSPS) is 10.4. The Morgan fingerprint density at radius 1 is 1.50 bits per heavy atom. The second kappa shape index (κ2) is 6.67. The number of nitrogens with one attached hydrogen (secondary N) is 1. The summed E-state index contributed by atoms with van der Waals surface area (Å²) in [5.41, 5.74) is 0.205. The molecule has 2 N–H and O–H groups in total. The van der Waals surface area contributed by atoms with Crippen LogP contribution in [-0.4, -0.2) is 34.4 Å². The SMILES string of the molecule is Cc1noc(CNCCOc2cccc(C(=O)O)c2)n1. The van der Waals surface area contributed by atoms with Gasteiger partial charge in [-0.15, -0.1) is 0 Å². The van der Waals surface area contributed by atoms with Gasteiger partial charge in [0, 0.05) is 6.54 Å². The Bertz CT molecular complexity index is 583. The summed E-state index contributed by atoms with van der Waals surface area (Å²) in [7, 11) is 0. The van der Waals surface area contributed by atoms with Crippen molar-refractivity contribution < 1.29 is 19.2 Å². The van der Waals surface area contributed by atoms with Crippen molar-refractivity contribution in [2.75, 3.05) is 13.2 Å². The van der Waals surface area contributed by atoms with Gasteiger partial charge in [0.25, 0.3) is 0 Å². The predicted molar refractivity (Wildman–Crippen MR) is 69.6 cm³/mol. The van der Waals surface area contributed by atoms with E-state index in [1.54, 1.807) is 19.1 Å². The minimum Gasteiger partial charge on any atom is -0.492 e. The lowest BCUT2D eigenvalue weighted by atomic mass is 10.2. The van der Waals surface area contributed by atoms with Crippen LogP contribution < -0.4 is 10.1 Å². The van der Waals surface area contributed by atoms with E-state index in [9.17, 15) is 4.79 Å². The Labute approximate surface area is 115 Å². The van der Waals surface area contributed by atoms with E-state index in [4.69, 9.17) is 14.4 Å². The number of rotatable bonds is 7. The summed E-state index contributed by atoms with van der Waals surface area (Å²) in [6, 6.07) is 6.37. The Morgan fingerprint density at radius 2 is 2.35 bits per heavy atom. The highest BCUT2D eigenvalue weighted by Crippen LogP contribution is 2.12. The maximum Gasteiger partial charge on any atom is 0.335 e. The highest BCUT2D eigenvalue weighted by Gasteiger charge is 2.04. The van der Waals surface area contributed by atoms with Crippen LogP contribution >= 0.6 is 0 Å². The zero-order chi connectivity index (χ0) is 14.4. The molecule has 20 heavy (non-hydrogen) atoms. The molecule has 1 heterocycles. The highest BCUT2D eigenvalue weighted by atomic mass is 16.5. The lowest BCUT2D eigenvalue weighted by Crippen LogP contribution is -2.20. The van der Waals surface area contributed by atoms with Gasteiger partial charge in [-0.2, -0.15) is 4.98 Å². The second-order valence-electron chi connectivity index (χ2n) is 4.09. The summed E-state index contributed by atoms with van der Waals surface area (Å²) < 4.78 is 10.4. The predicted octanol–water partition coefficient (Wildman–Crippen LogP) is 1.24. The molecule has 0 atom stereocenters. The summed E-state index contributed by atoms with van der Waals surface area (Å²) in [5, 5.41) is 15.6. The molecule has 7 nitrogen and oxygen atoms in total. The number of carboxylic acid groups (broad SMARTS) is 1. The summed E-state index contributed by atoms with van der Waals surface area (Å²) in [6.07, 6.45) is 0. The molecule has 7 heteroatoms. The van der Waals surface area contributed by atoms with Crippen LogP contribution in [0.1, 0.15) is 22.1 Å². The summed E-state index contributed by atoms with van der Waals surface area (Å²) in [4.78, 5) is 14.8. The molecule has 0 saturated carbocycles. The van der Waals surface area contributed by atoms with Gasteiger partial charge in [-0.05, 0) is 25.1 Å². The first kappa shape index (κ1) is 14.0. The minimum absolute atomic E-state index is 0.205. The third kappa shape index (κ3) is 4.06. The van der Waals surface area contributed by atoms with Gasteiger partial charge in [0.1, 0.15) is 12.4 Å². The number of hydrogen-bond acceptors (Lipinski definition) is 6. The monoisotopic (exact) mass is 277 g/mol. The van der Waals surface area contributed by atoms with E-state index in [-0.39, 0.29) is 5.56 Å². The average Bonchev–Trinajstić information content (AvgIpc) is 2.84. The highest BCUT2D eigenvalue weighted by molar-refractivity contribution is 5.87. The number of carbonyl (C=O) groups is 1.